The average molecular weight is 375 g/mol. The van der Waals surface area contributed by atoms with Gasteiger partial charge in [0.1, 0.15) is 6.61 Å². The first-order valence-electron chi connectivity index (χ1n) is 8.89. The van der Waals surface area contributed by atoms with Crippen LogP contribution in [0.5, 0.6) is 11.5 Å². The summed E-state index contributed by atoms with van der Waals surface area (Å²) in [7, 11) is 1.77. The third-order valence-electron chi connectivity index (χ3n) is 4.19. The van der Waals surface area contributed by atoms with Crippen LogP contribution in [-0.2, 0) is 13.0 Å². The zero-order chi connectivity index (χ0) is 18.5. The highest BCUT2D eigenvalue weighted by Gasteiger charge is 2.23. The Morgan fingerprint density at radius 3 is 2.92 bits per heavy atom. The molecule has 0 saturated heterocycles. The van der Waals surface area contributed by atoms with Gasteiger partial charge in [0, 0.05) is 11.9 Å². The molecule has 0 spiro atoms. The van der Waals surface area contributed by atoms with Crippen molar-refractivity contribution in [2.45, 2.75) is 39.3 Å². The van der Waals surface area contributed by atoms with Crippen LogP contribution in [0.25, 0.3) is 0 Å². The van der Waals surface area contributed by atoms with E-state index in [1.165, 1.54) is 0 Å². The molecule has 6 nitrogen and oxygen atoms in total. The van der Waals surface area contributed by atoms with Crippen molar-refractivity contribution in [1.82, 2.24) is 15.2 Å². The van der Waals surface area contributed by atoms with E-state index in [0.29, 0.717) is 19.7 Å². The van der Waals surface area contributed by atoms with Crippen LogP contribution in [0.1, 0.15) is 28.9 Å². The molecule has 0 fully saturated rings. The van der Waals surface area contributed by atoms with Crippen LogP contribution in [0.4, 0.5) is 4.79 Å². The Morgan fingerprint density at radius 2 is 2.15 bits per heavy atom. The van der Waals surface area contributed by atoms with Crippen LogP contribution in [0.2, 0.25) is 0 Å². The summed E-state index contributed by atoms with van der Waals surface area (Å²) in [6, 6.07) is 7.45. The average Bonchev–Trinajstić information content (AvgIpc) is 2.99. The molecular formula is C19H25N3O3S. The number of urea groups is 1. The molecule has 0 saturated carbocycles. The van der Waals surface area contributed by atoms with Gasteiger partial charge in [-0.1, -0.05) is 19.1 Å². The molecule has 0 radical (unpaired) electrons. The van der Waals surface area contributed by atoms with Crippen LogP contribution in [0, 0.1) is 6.92 Å². The standard InChI is InChI=1S/C19H25N3O3S/c1-4-7-18-21-13(2)17(26-18)10-20-19(23)22(3)11-14-12-24-15-8-5-6-9-16(15)25-14/h5-6,8-9,14H,4,7,10-12H2,1-3H3,(H,20,23). The second kappa shape index (κ2) is 8.40. The minimum absolute atomic E-state index is 0.127. The molecule has 2 aromatic rings. The largest absolute Gasteiger partial charge is 0.486 e. The van der Waals surface area contributed by atoms with E-state index < -0.39 is 0 Å². The molecule has 0 aliphatic carbocycles. The molecule has 140 valence electrons. The zero-order valence-electron chi connectivity index (χ0n) is 15.4. The number of benzene rings is 1. The van der Waals surface area contributed by atoms with Gasteiger partial charge in [0.25, 0.3) is 0 Å². The molecular weight excluding hydrogens is 350 g/mol. The first-order valence-corrected chi connectivity index (χ1v) is 9.71. The Balaban J connectivity index is 1.49. The van der Waals surface area contributed by atoms with Crippen LogP contribution in [0.15, 0.2) is 24.3 Å². The lowest BCUT2D eigenvalue weighted by Crippen LogP contribution is -2.45. The van der Waals surface area contributed by atoms with Gasteiger partial charge in [-0.15, -0.1) is 11.3 Å². The molecule has 1 aliphatic heterocycles. The van der Waals surface area contributed by atoms with Crippen molar-refractivity contribution >= 4 is 17.4 Å². The zero-order valence-corrected chi connectivity index (χ0v) is 16.3. The van der Waals surface area contributed by atoms with Crippen molar-refractivity contribution in [3.8, 4) is 11.5 Å². The molecule has 0 bridgehead atoms. The van der Waals surface area contributed by atoms with Gasteiger partial charge in [0.2, 0.25) is 0 Å². The third kappa shape index (κ3) is 4.46. The number of aromatic nitrogens is 1. The number of thiazole rings is 1. The van der Waals surface area contributed by atoms with Crippen molar-refractivity contribution in [3.05, 3.63) is 39.8 Å². The number of carbonyl (C=O) groups is 1. The monoisotopic (exact) mass is 375 g/mol. The number of ether oxygens (including phenoxy) is 2. The second-order valence-electron chi connectivity index (χ2n) is 6.40. The van der Waals surface area contributed by atoms with E-state index in [0.717, 1.165) is 39.9 Å². The van der Waals surface area contributed by atoms with Crippen molar-refractivity contribution in [3.63, 3.8) is 0 Å². The number of hydrogen-bond acceptors (Lipinski definition) is 5. The summed E-state index contributed by atoms with van der Waals surface area (Å²) < 4.78 is 11.6. The van der Waals surface area contributed by atoms with Crippen molar-refractivity contribution in [2.75, 3.05) is 20.2 Å². The number of nitrogens with one attached hydrogen (secondary N) is 1. The van der Waals surface area contributed by atoms with Gasteiger partial charge >= 0.3 is 6.03 Å². The Labute approximate surface area is 158 Å². The summed E-state index contributed by atoms with van der Waals surface area (Å²) in [4.78, 5) is 19.7. The van der Waals surface area contributed by atoms with E-state index in [1.807, 2.05) is 31.2 Å². The minimum Gasteiger partial charge on any atom is -0.486 e. The van der Waals surface area contributed by atoms with E-state index in [4.69, 9.17) is 9.47 Å². The second-order valence-corrected chi connectivity index (χ2v) is 7.57. The fraction of sp³-hybridized carbons (Fsp3) is 0.474. The van der Waals surface area contributed by atoms with Crippen LogP contribution < -0.4 is 14.8 Å². The maximum atomic E-state index is 12.4. The van der Waals surface area contributed by atoms with E-state index in [1.54, 1.807) is 23.3 Å². The number of rotatable bonds is 6. The van der Waals surface area contributed by atoms with Gasteiger partial charge < -0.3 is 19.7 Å². The molecule has 7 heteroatoms. The molecule has 1 atom stereocenters. The smallest absolute Gasteiger partial charge is 0.317 e. The van der Waals surface area contributed by atoms with Crippen LogP contribution in [-0.4, -0.2) is 42.2 Å². The highest BCUT2D eigenvalue weighted by Crippen LogP contribution is 2.30. The van der Waals surface area contributed by atoms with Gasteiger partial charge in [0.15, 0.2) is 17.6 Å². The van der Waals surface area contributed by atoms with Gasteiger partial charge in [-0.05, 0) is 31.9 Å². The number of aryl methyl sites for hydroxylation is 2. The Morgan fingerprint density at radius 1 is 1.38 bits per heavy atom. The summed E-state index contributed by atoms with van der Waals surface area (Å²) >= 11 is 1.68. The fourth-order valence-electron chi connectivity index (χ4n) is 2.81. The molecule has 3 rings (SSSR count). The number of amides is 2. The highest BCUT2D eigenvalue weighted by atomic mass is 32.1. The Hall–Kier alpha value is -2.28. The highest BCUT2D eigenvalue weighted by molar-refractivity contribution is 7.11. The van der Waals surface area contributed by atoms with Gasteiger partial charge in [-0.2, -0.15) is 0 Å². The molecule has 2 heterocycles. The lowest BCUT2D eigenvalue weighted by atomic mass is 10.2. The SMILES string of the molecule is CCCc1nc(C)c(CNC(=O)N(C)CC2COc3ccccc3O2)s1. The number of fused-ring (bicyclic) bond motifs is 1. The number of para-hydroxylation sites is 2. The maximum Gasteiger partial charge on any atom is 0.317 e. The predicted octanol–water partition coefficient (Wildman–Crippen LogP) is 3.39. The quantitative estimate of drug-likeness (QED) is 0.841. The number of carbonyl (C=O) groups excluding carboxylic acids is 1. The van der Waals surface area contributed by atoms with E-state index in [-0.39, 0.29) is 12.1 Å². The number of likely N-dealkylation sites (N-methyl/N-ethyl adjacent to an activating group) is 1. The van der Waals surface area contributed by atoms with Gasteiger partial charge in [0.05, 0.1) is 23.8 Å². The summed E-state index contributed by atoms with van der Waals surface area (Å²) in [5.74, 6) is 1.47. The summed E-state index contributed by atoms with van der Waals surface area (Å²) in [5, 5.41) is 4.10. The van der Waals surface area contributed by atoms with E-state index >= 15 is 0 Å². The lowest BCUT2D eigenvalue weighted by molar-refractivity contribution is 0.0715. The summed E-state index contributed by atoms with van der Waals surface area (Å²) in [6.45, 7) is 5.53. The molecule has 26 heavy (non-hydrogen) atoms. The Kier molecular flexibility index (Phi) is 5.98. The van der Waals surface area contributed by atoms with Crippen LogP contribution in [0.3, 0.4) is 0 Å². The van der Waals surface area contributed by atoms with Crippen LogP contribution >= 0.6 is 11.3 Å². The Bertz CT molecular complexity index is 762. The predicted molar refractivity (Wildman–Crippen MR) is 102 cm³/mol. The first-order chi connectivity index (χ1) is 12.6. The summed E-state index contributed by atoms with van der Waals surface area (Å²) in [6.07, 6.45) is 1.88. The van der Waals surface area contributed by atoms with Crippen molar-refractivity contribution in [2.24, 2.45) is 0 Å². The molecule has 1 aliphatic rings. The van der Waals surface area contributed by atoms with Crippen molar-refractivity contribution in [1.29, 1.82) is 0 Å². The van der Waals surface area contributed by atoms with Crippen molar-refractivity contribution < 1.29 is 14.3 Å². The summed E-state index contributed by atoms with van der Waals surface area (Å²) in [5.41, 5.74) is 1.00. The first kappa shape index (κ1) is 18.5. The maximum absolute atomic E-state index is 12.4. The van der Waals surface area contributed by atoms with Gasteiger partial charge in [-0.3, -0.25) is 0 Å². The molecule has 1 aromatic carbocycles. The van der Waals surface area contributed by atoms with Gasteiger partial charge in [-0.25, -0.2) is 9.78 Å². The topological polar surface area (TPSA) is 63.7 Å². The molecule has 1 N–H and O–H groups in total. The number of nitrogens with zero attached hydrogens (tertiary/aromatic N) is 2. The molecule has 2 amide bonds. The molecule has 1 unspecified atom stereocenters. The number of hydrogen-bond donors (Lipinski definition) is 1. The minimum atomic E-state index is -0.179. The normalized spacial score (nSPS) is 15.6. The third-order valence-corrected chi connectivity index (χ3v) is 5.41. The molecule has 1 aromatic heterocycles. The lowest BCUT2D eigenvalue weighted by Gasteiger charge is -2.29. The fourth-order valence-corrected chi connectivity index (χ4v) is 3.92. The van der Waals surface area contributed by atoms with E-state index in [9.17, 15) is 4.79 Å². The van der Waals surface area contributed by atoms with E-state index in [2.05, 4.69) is 17.2 Å².